The number of aliphatic imine (C=N–C) groups is 1. The van der Waals surface area contributed by atoms with Crippen molar-refractivity contribution < 1.29 is 14.3 Å². The van der Waals surface area contributed by atoms with E-state index in [4.69, 9.17) is 9.47 Å². The molecule has 1 aliphatic rings. The fraction of sp³-hybridized carbons (Fsp3) is 0.619. The number of hydrogen-bond acceptors (Lipinski definition) is 4. The quantitative estimate of drug-likeness (QED) is 0.415. The van der Waals surface area contributed by atoms with Crippen molar-refractivity contribution in [1.82, 2.24) is 10.6 Å². The predicted octanol–water partition coefficient (Wildman–Crippen LogP) is 3.13. The number of benzene rings is 1. The van der Waals surface area contributed by atoms with Gasteiger partial charge in [-0.05, 0) is 58.6 Å². The number of ether oxygens (including phenoxy) is 2. The molecule has 6 nitrogen and oxygen atoms in total. The first-order chi connectivity index (χ1) is 13.1. The van der Waals surface area contributed by atoms with Crippen LogP contribution in [0.25, 0.3) is 0 Å². The molecule has 0 radical (unpaired) electrons. The lowest BCUT2D eigenvalue weighted by Gasteiger charge is -2.29. The van der Waals surface area contributed by atoms with E-state index in [0.717, 1.165) is 43.9 Å². The van der Waals surface area contributed by atoms with E-state index in [1.807, 2.05) is 44.2 Å². The molecule has 0 spiro atoms. The minimum atomic E-state index is -0.0524. The molecule has 1 aliphatic carbocycles. The molecule has 1 fully saturated rings. The smallest absolute Gasteiger partial charge is 0.308 e. The molecule has 0 heterocycles. The van der Waals surface area contributed by atoms with Crippen LogP contribution in [-0.2, 0) is 9.53 Å². The second kappa shape index (κ2) is 11.5. The van der Waals surface area contributed by atoms with Gasteiger partial charge in [0.15, 0.2) is 5.96 Å². The predicted molar refractivity (Wildman–Crippen MR) is 108 cm³/mol. The maximum atomic E-state index is 11.9. The van der Waals surface area contributed by atoms with Crippen molar-refractivity contribution in [1.29, 1.82) is 0 Å². The molecule has 0 bridgehead atoms. The number of carbonyl (C=O) groups excluding carboxylic acids is 1. The SMILES string of the molecule is CCNC(=NCC(C)Oc1ccccc1)NC1CCC(C(=O)OCC)CC1. The van der Waals surface area contributed by atoms with E-state index in [0.29, 0.717) is 19.2 Å². The number of esters is 1. The summed E-state index contributed by atoms with van der Waals surface area (Å²) in [6.45, 7) is 7.76. The van der Waals surface area contributed by atoms with Gasteiger partial charge in [-0.25, -0.2) is 4.99 Å². The molecule has 2 rings (SSSR count). The van der Waals surface area contributed by atoms with E-state index in [-0.39, 0.29) is 18.0 Å². The number of para-hydroxylation sites is 1. The second-order valence-electron chi connectivity index (χ2n) is 6.91. The summed E-state index contributed by atoms with van der Waals surface area (Å²) < 4.78 is 11.0. The molecular weight excluding hydrogens is 342 g/mol. The van der Waals surface area contributed by atoms with Crippen LogP contribution in [0, 0.1) is 5.92 Å². The molecule has 1 aromatic rings. The number of nitrogens with zero attached hydrogens (tertiary/aromatic N) is 1. The number of rotatable bonds is 8. The third-order valence-electron chi connectivity index (χ3n) is 4.62. The number of carbonyl (C=O) groups is 1. The number of nitrogens with one attached hydrogen (secondary N) is 2. The van der Waals surface area contributed by atoms with E-state index >= 15 is 0 Å². The summed E-state index contributed by atoms with van der Waals surface area (Å²) >= 11 is 0. The summed E-state index contributed by atoms with van der Waals surface area (Å²) in [5, 5.41) is 6.79. The molecule has 1 unspecified atom stereocenters. The average Bonchev–Trinajstić information content (AvgIpc) is 2.68. The van der Waals surface area contributed by atoms with Crippen molar-refractivity contribution in [3.8, 4) is 5.75 Å². The van der Waals surface area contributed by atoms with Gasteiger partial charge in [0.1, 0.15) is 11.9 Å². The molecule has 0 aromatic heterocycles. The van der Waals surface area contributed by atoms with Gasteiger partial charge in [-0.1, -0.05) is 18.2 Å². The lowest BCUT2D eigenvalue weighted by molar-refractivity contribution is -0.149. The first-order valence-electron chi connectivity index (χ1n) is 10.1. The fourth-order valence-corrected chi connectivity index (χ4v) is 3.24. The van der Waals surface area contributed by atoms with Crippen molar-refractivity contribution in [2.45, 2.75) is 58.6 Å². The zero-order valence-corrected chi connectivity index (χ0v) is 16.7. The van der Waals surface area contributed by atoms with E-state index in [1.165, 1.54) is 0 Å². The van der Waals surface area contributed by atoms with Crippen LogP contribution in [0.5, 0.6) is 5.75 Å². The van der Waals surface area contributed by atoms with E-state index < -0.39 is 0 Å². The Balaban J connectivity index is 1.80. The fourth-order valence-electron chi connectivity index (χ4n) is 3.24. The zero-order chi connectivity index (χ0) is 19.5. The molecule has 1 saturated carbocycles. The Bertz CT molecular complexity index is 584. The van der Waals surface area contributed by atoms with E-state index in [1.54, 1.807) is 0 Å². The van der Waals surface area contributed by atoms with Crippen LogP contribution in [0.4, 0.5) is 0 Å². The van der Waals surface area contributed by atoms with Crippen LogP contribution in [-0.4, -0.2) is 43.8 Å². The van der Waals surface area contributed by atoms with Crippen LogP contribution in [0.1, 0.15) is 46.5 Å². The van der Waals surface area contributed by atoms with Crippen molar-refractivity contribution in [3.05, 3.63) is 30.3 Å². The van der Waals surface area contributed by atoms with Gasteiger partial charge in [-0.15, -0.1) is 0 Å². The van der Waals surface area contributed by atoms with Crippen molar-refractivity contribution in [2.24, 2.45) is 10.9 Å². The zero-order valence-electron chi connectivity index (χ0n) is 16.7. The normalized spacial score (nSPS) is 21.2. The highest BCUT2D eigenvalue weighted by Crippen LogP contribution is 2.25. The molecule has 150 valence electrons. The highest BCUT2D eigenvalue weighted by atomic mass is 16.5. The minimum Gasteiger partial charge on any atom is -0.489 e. The van der Waals surface area contributed by atoms with Crippen molar-refractivity contribution in [3.63, 3.8) is 0 Å². The third kappa shape index (κ3) is 7.49. The molecular formula is C21H33N3O3. The van der Waals surface area contributed by atoms with Gasteiger partial charge in [0.05, 0.1) is 19.1 Å². The second-order valence-corrected chi connectivity index (χ2v) is 6.91. The van der Waals surface area contributed by atoms with Gasteiger partial charge in [0.2, 0.25) is 0 Å². The Morgan fingerprint density at radius 2 is 1.89 bits per heavy atom. The first kappa shape index (κ1) is 21.1. The van der Waals surface area contributed by atoms with Crippen LogP contribution in [0.2, 0.25) is 0 Å². The summed E-state index contributed by atoms with van der Waals surface area (Å²) in [6, 6.07) is 10.1. The molecule has 2 N–H and O–H groups in total. The Labute approximate surface area is 162 Å². The maximum Gasteiger partial charge on any atom is 0.308 e. The molecule has 0 saturated heterocycles. The summed E-state index contributed by atoms with van der Waals surface area (Å²) in [5.41, 5.74) is 0. The van der Waals surface area contributed by atoms with Crippen molar-refractivity contribution in [2.75, 3.05) is 19.7 Å². The summed E-state index contributed by atoms with van der Waals surface area (Å²) in [6.07, 6.45) is 3.61. The Hall–Kier alpha value is -2.24. The van der Waals surface area contributed by atoms with Gasteiger partial charge in [-0.3, -0.25) is 4.79 Å². The van der Waals surface area contributed by atoms with Crippen LogP contribution < -0.4 is 15.4 Å². The van der Waals surface area contributed by atoms with Crippen LogP contribution in [0.15, 0.2) is 35.3 Å². The monoisotopic (exact) mass is 375 g/mol. The molecule has 1 aromatic carbocycles. The largest absolute Gasteiger partial charge is 0.489 e. The molecule has 0 amide bonds. The van der Waals surface area contributed by atoms with E-state index in [2.05, 4.69) is 22.5 Å². The molecule has 6 heteroatoms. The highest BCUT2D eigenvalue weighted by molar-refractivity contribution is 5.80. The van der Waals surface area contributed by atoms with Crippen LogP contribution in [0.3, 0.4) is 0 Å². The third-order valence-corrected chi connectivity index (χ3v) is 4.62. The Morgan fingerprint density at radius 1 is 1.19 bits per heavy atom. The van der Waals surface area contributed by atoms with Gasteiger partial charge in [0.25, 0.3) is 0 Å². The number of guanidine groups is 1. The summed E-state index contributed by atoms with van der Waals surface area (Å²) in [5.74, 6) is 1.65. The maximum absolute atomic E-state index is 11.9. The summed E-state index contributed by atoms with van der Waals surface area (Å²) in [7, 11) is 0. The van der Waals surface area contributed by atoms with Gasteiger partial charge in [0, 0.05) is 12.6 Å². The lowest BCUT2D eigenvalue weighted by Crippen LogP contribution is -2.45. The number of hydrogen-bond donors (Lipinski definition) is 2. The van der Waals surface area contributed by atoms with Gasteiger partial charge < -0.3 is 20.1 Å². The Morgan fingerprint density at radius 3 is 2.52 bits per heavy atom. The topological polar surface area (TPSA) is 72.0 Å². The molecule has 0 aliphatic heterocycles. The van der Waals surface area contributed by atoms with E-state index in [9.17, 15) is 4.79 Å². The minimum absolute atomic E-state index is 0.0117. The van der Waals surface area contributed by atoms with Gasteiger partial charge in [-0.2, -0.15) is 0 Å². The lowest BCUT2D eigenvalue weighted by atomic mass is 9.86. The average molecular weight is 376 g/mol. The Kier molecular flexibility index (Phi) is 8.95. The van der Waals surface area contributed by atoms with Crippen LogP contribution >= 0.6 is 0 Å². The van der Waals surface area contributed by atoms with Gasteiger partial charge >= 0.3 is 5.97 Å². The molecule has 1 atom stereocenters. The standard InChI is InChI=1S/C21H33N3O3/c1-4-22-21(23-15-16(3)27-19-9-7-6-8-10-19)24-18-13-11-17(12-14-18)20(25)26-5-2/h6-10,16-18H,4-5,11-15H2,1-3H3,(H2,22,23,24). The highest BCUT2D eigenvalue weighted by Gasteiger charge is 2.27. The van der Waals surface area contributed by atoms with Crippen molar-refractivity contribution >= 4 is 11.9 Å². The summed E-state index contributed by atoms with van der Waals surface area (Å²) in [4.78, 5) is 16.5. The first-order valence-corrected chi connectivity index (χ1v) is 10.1. The molecule has 27 heavy (non-hydrogen) atoms.